The molecule has 88 valence electrons. The molecule has 0 aromatic rings. The molecule has 1 atom stereocenters. The Morgan fingerprint density at radius 1 is 1.40 bits per heavy atom. The summed E-state index contributed by atoms with van der Waals surface area (Å²) in [6.07, 6.45) is 6.60. The zero-order valence-electron chi connectivity index (χ0n) is 9.83. The minimum absolute atomic E-state index is 0.0892. The van der Waals surface area contributed by atoms with Gasteiger partial charge in [-0.3, -0.25) is 4.79 Å². The van der Waals surface area contributed by atoms with Gasteiger partial charge in [-0.1, -0.05) is 39.5 Å². The maximum absolute atomic E-state index is 11.6. The Bertz CT molecular complexity index is 200. The lowest BCUT2D eigenvalue weighted by atomic mass is 10.0. The Labute approximate surface area is 98.6 Å². The second-order valence-electron chi connectivity index (χ2n) is 4.92. The van der Waals surface area contributed by atoms with Crippen LogP contribution in [0.2, 0.25) is 0 Å². The molecule has 3 heteroatoms. The average Bonchev–Trinajstić information content (AvgIpc) is 2.69. The number of nitrogens with one attached hydrogen (secondary N) is 1. The number of carbonyl (C=O) groups excluding carboxylic acids is 1. The van der Waals surface area contributed by atoms with Crippen LogP contribution in [0, 0.1) is 11.8 Å². The van der Waals surface area contributed by atoms with Crippen molar-refractivity contribution in [3.63, 3.8) is 0 Å². The molecule has 1 fully saturated rings. The highest BCUT2D eigenvalue weighted by Gasteiger charge is 2.18. The van der Waals surface area contributed by atoms with Crippen molar-refractivity contribution in [3.8, 4) is 0 Å². The molecule has 2 nitrogen and oxygen atoms in total. The number of amides is 1. The summed E-state index contributed by atoms with van der Waals surface area (Å²) in [6, 6.07) is 0. The normalized spacial score (nSPS) is 19.5. The van der Waals surface area contributed by atoms with Gasteiger partial charge >= 0.3 is 0 Å². The summed E-state index contributed by atoms with van der Waals surface area (Å²) < 4.78 is 0. The zero-order chi connectivity index (χ0) is 11.3. The van der Waals surface area contributed by atoms with Crippen LogP contribution in [0.15, 0.2) is 0 Å². The van der Waals surface area contributed by atoms with E-state index >= 15 is 0 Å². The third kappa shape index (κ3) is 4.45. The van der Waals surface area contributed by atoms with Gasteiger partial charge in [0.1, 0.15) is 0 Å². The fourth-order valence-electron chi connectivity index (χ4n) is 2.11. The average molecular weight is 229 g/mol. The van der Waals surface area contributed by atoms with Gasteiger partial charge < -0.3 is 5.32 Å². The first-order valence-electron chi connectivity index (χ1n) is 6.07. The maximum Gasteiger partial charge on any atom is 0.233 e. The summed E-state index contributed by atoms with van der Waals surface area (Å²) in [5.74, 6) is 1.24. The van der Waals surface area contributed by atoms with Crippen LogP contribution in [0.5, 0.6) is 0 Å². The topological polar surface area (TPSA) is 29.1 Å². The van der Waals surface area contributed by atoms with Crippen LogP contribution in [0.4, 0.5) is 0 Å². The Morgan fingerprint density at radius 3 is 2.53 bits per heavy atom. The Hall–Kier alpha value is -0.180. The molecule has 1 aliphatic rings. The van der Waals surface area contributed by atoms with Gasteiger partial charge in [0.2, 0.25) is 5.91 Å². The largest absolute Gasteiger partial charge is 0.355 e. The van der Waals surface area contributed by atoms with Gasteiger partial charge in [0.25, 0.3) is 0 Å². The predicted molar refractivity (Wildman–Crippen MR) is 67.2 cm³/mol. The first-order valence-corrected chi connectivity index (χ1v) is 6.58. The van der Waals surface area contributed by atoms with Crippen LogP contribution in [0.3, 0.4) is 0 Å². The van der Waals surface area contributed by atoms with Crippen molar-refractivity contribution in [1.29, 1.82) is 0 Å². The van der Waals surface area contributed by atoms with Crippen molar-refractivity contribution in [1.82, 2.24) is 5.32 Å². The summed E-state index contributed by atoms with van der Waals surface area (Å²) in [5.41, 5.74) is 0. The van der Waals surface area contributed by atoms with E-state index in [1.165, 1.54) is 25.7 Å². The van der Waals surface area contributed by atoms with Gasteiger partial charge in [-0.25, -0.2) is 0 Å². The Morgan fingerprint density at radius 2 is 2.00 bits per heavy atom. The van der Waals surface area contributed by atoms with Gasteiger partial charge in [0.05, 0.1) is 5.25 Å². The highest BCUT2D eigenvalue weighted by atomic mass is 32.1. The smallest absolute Gasteiger partial charge is 0.233 e. The SMILES string of the molecule is CC(C)C(S)C(=O)NCCC1CCCC1. The quantitative estimate of drug-likeness (QED) is 0.697. The zero-order valence-corrected chi connectivity index (χ0v) is 10.7. The van der Waals surface area contributed by atoms with Crippen molar-refractivity contribution in [2.24, 2.45) is 11.8 Å². The molecule has 15 heavy (non-hydrogen) atoms. The predicted octanol–water partition coefficient (Wildman–Crippen LogP) is 2.64. The molecule has 1 saturated carbocycles. The van der Waals surface area contributed by atoms with Crippen LogP contribution in [0.1, 0.15) is 46.0 Å². The van der Waals surface area contributed by atoms with Crippen LogP contribution in [-0.4, -0.2) is 17.7 Å². The molecular formula is C12H23NOS. The molecule has 1 unspecified atom stereocenters. The molecule has 0 aromatic carbocycles. The lowest BCUT2D eigenvalue weighted by molar-refractivity contribution is -0.121. The van der Waals surface area contributed by atoms with Gasteiger partial charge in [0.15, 0.2) is 0 Å². The minimum atomic E-state index is -0.159. The van der Waals surface area contributed by atoms with Gasteiger partial charge in [0, 0.05) is 6.54 Å². The van der Waals surface area contributed by atoms with E-state index in [0.717, 1.165) is 18.9 Å². The van der Waals surface area contributed by atoms with Crippen molar-refractivity contribution in [2.75, 3.05) is 6.54 Å². The Kier molecular flexibility index (Phi) is 5.51. The van der Waals surface area contributed by atoms with Crippen LogP contribution >= 0.6 is 12.6 Å². The second kappa shape index (κ2) is 6.41. The number of hydrogen-bond acceptors (Lipinski definition) is 2. The molecule has 1 aliphatic carbocycles. The second-order valence-corrected chi connectivity index (χ2v) is 5.48. The van der Waals surface area contributed by atoms with Crippen LogP contribution in [-0.2, 0) is 4.79 Å². The molecule has 0 saturated heterocycles. The summed E-state index contributed by atoms with van der Waals surface area (Å²) in [5, 5.41) is 2.82. The third-order valence-electron chi connectivity index (χ3n) is 3.23. The fraction of sp³-hybridized carbons (Fsp3) is 0.917. The highest BCUT2D eigenvalue weighted by Crippen LogP contribution is 2.26. The number of thiol groups is 1. The first kappa shape index (κ1) is 12.9. The fourth-order valence-corrected chi connectivity index (χ4v) is 2.20. The molecule has 1 rings (SSSR count). The van der Waals surface area contributed by atoms with Gasteiger partial charge in [-0.2, -0.15) is 12.6 Å². The highest BCUT2D eigenvalue weighted by molar-refractivity contribution is 7.81. The van der Waals surface area contributed by atoms with Crippen molar-refractivity contribution in [3.05, 3.63) is 0 Å². The summed E-state index contributed by atoms with van der Waals surface area (Å²) in [7, 11) is 0. The lowest BCUT2D eigenvalue weighted by Gasteiger charge is -2.15. The van der Waals surface area contributed by atoms with Gasteiger partial charge in [-0.05, 0) is 18.3 Å². The van der Waals surface area contributed by atoms with Crippen LogP contribution < -0.4 is 5.32 Å². The van der Waals surface area contributed by atoms with E-state index in [4.69, 9.17) is 0 Å². The summed E-state index contributed by atoms with van der Waals surface area (Å²) in [4.78, 5) is 11.6. The maximum atomic E-state index is 11.6. The molecule has 0 aliphatic heterocycles. The van der Waals surface area contributed by atoms with Crippen molar-refractivity contribution in [2.45, 2.75) is 51.2 Å². The molecule has 0 radical (unpaired) electrons. The van der Waals surface area contributed by atoms with Crippen molar-refractivity contribution >= 4 is 18.5 Å². The molecule has 0 bridgehead atoms. The van der Waals surface area contributed by atoms with Crippen molar-refractivity contribution < 1.29 is 4.79 Å². The number of carbonyl (C=O) groups is 1. The number of hydrogen-bond donors (Lipinski definition) is 2. The lowest BCUT2D eigenvalue weighted by Crippen LogP contribution is -2.35. The minimum Gasteiger partial charge on any atom is -0.355 e. The van der Waals surface area contributed by atoms with E-state index in [2.05, 4.69) is 17.9 Å². The molecule has 0 spiro atoms. The third-order valence-corrected chi connectivity index (χ3v) is 4.06. The molecule has 0 heterocycles. The Balaban J connectivity index is 2.11. The summed E-state index contributed by atoms with van der Waals surface area (Å²) >= 11 is 4.29. The van der Waals surface area contributed by atoms with E-state index < -0.39 is 0 Å². The molecule has 1 N–H and O–H groups in total. The van der Waals surface area contributed by atoms with E-state index in [1.807, 2.05) is 13.8 Å². The number of rotatable bonds is 5. The van der Waals surface area contributed by atoms with E-state index in [-0.39, 0.29) is 11.2 Å². The summed E-state index contributed by atoms with van der Waals surface area (Å²) in [6.45, 7) is 4.87. The van der Waals surface area contributed by atoms with E-state index in [9.17, 15) is 4.79 Å². The molecular weight excluding hydrogens is 206 g/mol. The standard InChI is InChI=1S/C12H23NOS/c1-9(2)11(15)12(14)13-8-7-10-5-3-4-6-10/h9-11,15H,3-8H2,1-2H3,(H,13,14). The molecule has 0 aromatic heterocycles. The molecule has 1 amide bonds. The van der Waals surface area contributed by atoms with Crippen LogP contribution in [0.25, 0.3) is 0 Å². The van der Waals surface area contributed by atoms with E-state index in [1.54, 1.807) is 0 Å². The monoisotopic (exact) mass is 229 g/mol. The van der Waals surface area contributed by atoms with E-state index in [0.29, 0.717) is 5.92 Å². The van der Waals surface area contributed by atoms with Gasteiger partial charge in [-0.15, -0.1) is 0 Å². The first-order chi connectivity index (χ1) is 7.11.